The van der Waals surface area contributed by atoms with Crippen molar-refractivity contribution in [1.29, 1.82) is 0 Å². The summed E-state index contributed by atoms with van der Waals surface area (Å²) in [6.07, 6.45) is 2.21. The highest BCUT2D eigenvalue weighted by molar-refractivity contribution is 7.89. The highest BCUT2D eigenvalue weighted by Crippen LogP contribution is 2.18. The number of hydrogen-bond donors (Lipinski definition) is 0. The smallest absolute Gasteiger partial charge is 0.305 e. The van der Waals surface area contributed by atoms with Crippen molar-refractivity contribution in [1.82, 2.24) is 9.21 Å². The Balaban J connectivity index is 2.40. The van der Waals surface area contributed by atoms with E-state index in [4.69, 9.17) is 0 Å². The second-order valence-corrected chi connectivity index (χ2v) is 7.18. The molecule has 1 rings (SSSR count). The Kier molecular flexibility index (Phi) is 6.22. The summed E-state index contributed by atoms with van der Waals surface area (Å²) >= 11 is 0. The molecule has 7 heteroatoms. The number of ether oxygens (including phenoxy) is 1. The molecule has 1 fully saturated rings. The highest BCUT2D eigenvalue weighted by atomic mass is 32.2. The summed E-state index contributed by atoms with van der Waals surface area (Å²) in [5.41, 5.74) is 0. The van der Waals surface area contributed by atoms with Crippen molar-refractivity contribution in [3.63, 3.8) is 0 Å². The van der Waals surface area contributed by atoms with Gasteiger partial charge < -0.3 is 9.64 Å². The Hall–Kier alpha value is -0.660. The monoisotopic (exact) mass is 292 g/mol. The van der Waals surface area contributed by atoms with Crippen molar-refractivity contribution in [3.8, 4) is 0 Å². The fourth-order valence-electron chi connectivity index (χ4n) is 2.27. The minimum Gasteiger partial charge on any atom is -0.469 e. The first-order chi connectivity index (χ1) is 8.86. The largest absolute Gasteiger partial charge is 0.469 e. The van der Waals surface area contributed by atoms with Gasteiger partial charge in [0.05, 0.1) is 12.9 Å². The fraction of sp³-hybridized carbons (Fsp3) is 0.917. The number of hydrogen-bond acceptors (Lipinski definition) is 5. The van der Waals surface area contributed by atoms with Crippen LogP contribution in [0, 0.1) is 0 Å². The van der Waals surface area contributed by atoms with E-state index in [0.29, 0.717) is 25.6 Å². The van der Waals surface area contributed by atoms with E-state index in [0.717, 1.165) is 12.8 Å². The van der Waals surface area contributed by atoms with E-state index in [-0.39, 0.29) is 18.1 Å². The fourth-order valence-corrected chi connectivity index (χ4v) is 3.80. The summed E-state index contributed by atoms with van der Waals surface area (Å²) in [5.74, 6) is -0.337. The van der Waals surface area contributed by atoms with Crippen LogP contribution in [0.15, 0.2) is 0 Å². The van der Waals surface area contributed by atoms with Crippen LogP contribution in [-0.4, -0.2) is 69.7 Å². The third-order valence-corrected chi connectivity index (χ3v) is 5.51. The van der Waals surface area contributed by atoms with Crippen molar-refractivity contribution in [2.75, 3.05) is 40.0 Å². The Morgan fingerprint density at radius 2 is 1.89 bits per heavy atom. The predicted octanol–water partition coefficient (Wildman–Crippen LogP) is 0.295. The molecule has 0 atom stereocenters. The predicted molar refractivity (Wildman–Crippen MR) is 73.3 cm³/mol. The van der Waals surface area contributed by atoms with Gasteiger partial charge in [-0.15, -0.1) is 0 Å². The Labute approximate surface area is 115 Å². The summed E-state index contributed by atoms with van der Waals surface area (Å²) in [6, 6.07) is 0.460. The molecule has 0 aromatic carbocycles. The average Bonchev–Trinajstić information content (AvgIpc) is 2.38. The summed E-state index contributed by atoms with van der Waals surface area (Å²) in [6.45, 7) is 1.15. The molecule has 112 valence electrons. The molecule has 6 nitrogen and oxygen atoms in total. The summed E-state index contributed by atoms with van der Waals surface area (Å²) < 4.78 is 30.2. The molecule has 1 aliphatic heterocycles. The molecule has 0 radical (unpaired) electrons. The lowest BCUT2D eigenvalue weighted by Crippen LogP contribution is -2.45. The molecule has 0 unspecified atom stereocenters. The molecule has 0 N–H and O–H groups in total. The van der Waals surface area contributed by atoms with Gasteiger partial charge in [-0.1, -0.05) is 0 Å². The Morgan fingerprint density at radius 1 is 1.32 bits per heavy atom. The van der Waals surface area contributed by atoms with Crippen molar-refractivity contribution in [3.05, 3.63) is 0 Å². The molecule has 19 heavy (non-hydrogen) atoms. The molecular formula is C12H24N2O4S. The minimum atomic E-state index is -3.23. The molecule has 0 bridgehead atoms. The van der Waals surface area contributed by atoms with Crippen LogP contribution >= 0.6 is 0 Å². The maximum atomic E-state index is 12.1. The molecule has 0 aliphatic carbocycles. The quantitative estimate of drug-likeness (QED) is 0.659. The SMILES string of the molecule is COC(=O)CCCS(=O)(=O)N1CCC(N(C)C)CC1. The van der Waals surface area contributed by atoms with Crippen LogP contribution in [-0.2, 0) is 19.6 Å². The van der Waals surface area contributed by atoms with E-state index in [1.807, 2.05) is 14.1 Å². The van der Waals surface area contributed by atoms with Gasteiger partial charge >= 0.3 is 5.97 Å². The van der Waals surface area contributed by atoms with Gasteiger partial charge in [-0.2, -0.15) is 0 Å². The van der Waals surface area contributed by atoms with Crippen LogP contribution in [0.5, 0.6) is 0 Å². The van der Waals surface area contributed by atoms with Gasteiger partial charge in [0.15, 0.2) is 0 Å². The van der Waals surface area contributed by atoms with Crippen LogP contribution < -0.4 is 0 Å². The molecule has 1 heterocycles. The molecule has 1 aliphatic rings. The molecular weight excluding hydrogens is 268 g/mol. The lowest BCUT2D eigenvalue weighted by atomic mass is 10.1. The van der Waals surface area contributed by atoms with Gasteiger partial charge in [-0.05, 0) is 33.4 Å². The number of rotatable bonds is 6. The summed E-state index contributed by atoms with van der Waals surface area (Å²) in [5, 5.41) is 0. The van der Waals surface area contributed by atoms with Crippen LogP contribution in [0.4, 0.5) is 0 Å². The van der Waals surface area contributed by atoms with Crippen LogP contribution in [0.3, 0.4) is 0 Å². The summed E-state index contributed by atoms with van der Waals surface area (Å²) in [4.78, 5) is 13.1. The van der Waals surface area contributed by atoms with Crippen molar-refractivity contribution >= 4 is 16.0 Å². The Morgan fingerprint density at radius 3 is 2.37 bits per heavy atom. The zero-order valence-electron chi connectivity index (χ0n) is 12.0. The number of sulfonamides is 1. The standard InChI is InChI=1S/C12H24N2O4S/c1-13(2)11-6-8-14(9-7-11)19(16,17)10-4-5-12(15)18-3/h11H,4-10H2,1-3H3. The second kappa shape index (κ2) is 7.21. The molecule has 0 saturated carbocycles. The van der Waals surface area contributed by atoms with E-state index in [9.17, 15) is 13.2 Å². The number of piperidine rings is 1. The highest BCUT2D eigenvalue weighted by Gasteiger charge is 2.28. The van der Waals surface area contributed by atoms with Gasteiger partial charge in [0.1, 0.15) is 0 Å². The number of esters is 1. The zero-order chi connectivity index (χ0) is 14.5. The van der Waals surface area contributed by atoms with Crippen molar-refractivity contribution in [2.45, 2.75) is 31.7 Å². The summed E-state index contributed by atoms with van der Waals surface area (Å²) in [7, 11) is 2.12. The van der Waals surface area contributed by atoms with E-state index in [1.165, 1.54) is 7.11 Å². The van der Waals surface area contributed by atoms with E-state index < -0.39 is 10.0 Å². The van der Waals surface area contributed by atoms with E-state index >= 15 is 0 Å². The topological polar surface area (TPSA) is 66.9 Å². The van der Waals surface area contributed by atoms with Crippen molar-refractivity contribution < 1.29 is 17.9 Å². The first-order valence-corrected chi connectivity index (χ1v) is 8.19. The number of carbonyl (C=O) groups excluding carboxylic acids is 1. The first kappa shape index (κ1) is 16.4. The second-order valence-electron chi connectivity index (χ2n) is 5.09. The van der Waals surface area contributed by atoms with E-state index in [1.54, 1.807) is 4.31 Å². The molecule has 0 spiro atoms. The minimum absolute atomic E-state index is 0.0226. The number of carbonyl (C=O) groups is 1. The molecule has 0 amide bonds. The molecule has 0 aromatic rings. The van der Waals surface area contributed by atoms with Gasteiger partial charge in [-0.25, -0.2) is 12.7 Å². The third-order valence-electron chi connectivity index (χ3n) is 3.56. The maximum absolute atomic E-state index is 12.1. The zero-order valence-corrected chi connectivity index (χ0v) is 12.8. The average molecular weight is 292 g/mol. The van der Waals surface area contributed by atoms with Crippen LogP contribution in [0.25, 0.3) is 0 Å². The Bertz CT molecular complexity index is 387. The molecule has 1 saturated heterocycles. The molecule has 0 aromatic heterocycles. The van der Waals surface area contributed by atoms with Gasteiger partial charge in [0, 0.05) is 25.6 Å². The maximum Gasteiger partial charge on any atom is 0.305 e. The van der Waals surface area contributed by atoms with Crippen LogP contribution in [0.1, 0.15) is 25.7 Å². The normalized spacial score (nSPS) is 18.7. The van der Waals surface area contributed by atoms with Gasteiger partial charge in [0.2, 0.25) is 10.0 Å². The third kappa shape index (κ3) is 5.08. The van der Waals surface area contributed by atoms with Crippen molar-refractivity contribution in [2.24, 2.45) is 0 Å². The lowest BCUT2D eigenvalue weighted by Gasteiger charge is -2.34. The number of nitrogens with zero attached hydrogens (tertiary/aromatic N) is 2. The number of methoxy groups -OCH3 is 1. The first-order valence-electron chi connectivity index (χ1n) is 6.58. The van der Waals surface area contributed by atoms with Crippen LogP contribution in [0.2, 0.25) is 0 Å². The van der Waals surface area contributed by atoms with Gasteiger partial charge in [0.25, 0.3) is 0 Å². The van der Waals surface area contributed by atoms with Gasteiger partial charge in [-0.3, -0.25) is 4.79 Å². The lowest BCUT2D eigenvalue weighted by molar-refractivity contribution is -0.140. The van der Waals surface area contributed by atoms with E-state index in [2.05, 4.69) is 9.64 Å².